The highest BCUT2D eigenvalue weighted by atomic mass is 32.2. The molecule has 1 aliphatic heterocycles. The van der Waals surface area contributed by atoms with E-state index in [1.165, 1.54) is 11.3 Å². The Kier molecular flexibility index (Phi) is 5.44. The predicted molar refractivity (Wildman–Crippen MR) is 98.7 cm³/mol. The van der Waals surface area contributed by atoms with Gasteiger partial charge in [0.1, 0.15) is 5.75 Å². The first-order chi connectivity index (χ1) is 12.0. The minimum atomic E-state index is -3.24. The van der Waals surface area contributed by atoms with Gasteiger partial charge in [0.25, 0.3) is 0 Å². The SMILES string of the molecule is COc1cccc(CC(=O)N2CCC(c3cccs3)S(=O)(=O)CC2)c1. The molecule has 1 unspecified atom stereocenters. The van der Waals surface area contributed by atoms with Crippen LogP contribution in [0.25, 0.3) is 0 Å². The van der Waals surface area contributed by atoms with E-state index in [-0.39, 0.29) is 24.6 Å². The Labute approximate surface area is 152 Å². The maximum absolute atomic E-state index is 12.6. The van der Waals surface area contributed by atoms with Gasteiger partial charge in [-0.25, -0.2) is 8.42 Å². The molecule has 0 bridgehead atoms. The molecule has 1 aromatic heterocycles. The van der Waals surface area contributed by atoms with Crippen molar-refractivity contribution in [2.75, 3.05) is 26.0 Å². The first kappa shape index (κ1) is 17.9. The fraction of sp³-hybridized carbons (Fsp3) is 0.389. The van der Waals surface area contributed by atoms with E-state index in [2.05, 4.69) is 0 Å². The third kappa shape index (κ3) is 4.22. The Bertz CT molecular complexity index is 831. The van der Waals surface area contributed by atoms with E-state index < -0.39 is 15.1 Å². The monoisotopic (exact) mass is 379 g/mol. The minimum absolute atomic E-state index is 0.0133. The molecule has 1 aliphatic rings. The average Bonchev–Trinajstić information content (AvgIpc) is 3.06. The zero-order valence-corrected chi connectivity index (χ0v) is 15.7. The average molecular weight is 380 g/mol. The number of benzene rings is 1. The molecule has 3 rings (SSSR count). The molecule has 0 aliphatic carbocycles. The second-order valence-electron chi connectivity index (χ2n) is 6.07. The van der Waals surface area contributed by atoms with E-state index >= 15 is 0 Å². The summed E-state index contributed by atoms with van der Waals surface area (Å²) in [6.07, 6.45) is 0.702. The number of rotatable bonds is 4. The molecule has 2 heterocycles. The van der Waals surface area contributed by atoms with Gasteiger partial charge in [0.2, 0.25) is 5.91 Å². The number of hydrogen-bond donors (Lipinski definition) is 0. The summed E-state index contributed by atoms with van der Waals surface area (Å²) in [6, 6.07) is 11.1. The van der Waals surface area contributed by atoms with Gasteiger partial charge in [-0.15, -0.1) is 11.3 Å². The van der Waals surface area contributed by atoms with Crippen LogP contribution in [0.3, 0.4) is 0 Å². The van der Waals surface area contributed by atoms with Crippen LogP contribution in [0.1, 0.15) is 22.1 Å². The van der Waals surface area contributed by atoms with Crippen molar-refractivity contribution < 1.29 is 17.9 Å². The first-order valence-corrected chi connectivity index (χ1v) is 10.7. The lowest BCUT2D eigenvalue weighted by Crippen LogP contribution is -2.34. The molecular formula is C18H21NO4S2. The summed E-state index contributed by atoms with van der Waals surface area (Å²) in [5.74, 6) is 0.677. The number of carbonyl (C=O) groups excluding carboxylic acids is 1. The second kappa shape index (κ2) is 7.58. The molecule has 1 amide bonds. The van der Waals surface area contributed by atoms with Crippen molar-refractivity contribution >= 4 is 27.1 Å². The second-order valence-corrected chi connectivity index (χ2v) is 9.35. The molecule has 5 nitrogen and oxygen atoms in total. The van der Waals surface area contributed by atoms with Crippen molar-refractivity contribution in [1.29, 1.82) is 0 Å². The normalized spacial score (nSPS) is 20.0. The Morgan fingerprint density at radius 2 is 2.12 bits per heavy atom. The van der Waals surface area contributed by atoms with Gasteiger partial charge in [0.05, 0.1) is 24.5 Å². The van der Waals surface area contributed by atoms with Crippen molar-refractivity contribution in [3.63, 3.8) is 0 Å². The van der Waals surface area contributed by atoms with Crippen molar-refractivity contribution in [2.45, 2.75) is 18.1 Å². The van der Waals surface area contributed by atoms with Gasteiger partial charge < -0.3 is 9.64 Å². The van der Waals surface area contributed by atoms with E-state index in [1.807, 2.05) is 41.8 Å². The van der Waals surface area contributed by atoms with Gasteiger partial charge in [-0.1, -0.05) is 18.2 Å². The van der Waals surface area contributed by atoms with Crippen molar-refractivity contribution in [3.05, 3.63) is 52.2 Å². The molecule has 134 valence electrons. The summed E-state index contributed by atoms with van der Waals surface area (Å²) < 4.78 is 30.3. The fourth-order valence-corrected chi connectivity index (χ4v) is 6.06. The van der Waals surface area contributed by atoms with Gasteiger partial charge in [-0.3, -0.25) is 4.79 Å². The van der Waals surface area contributed by atoms with E-state index in [4.69, 9.17) is 4.74 Å². The zero-order chi connectivity index (χ0) is 17.9. The molecule has 1 atom stereocenters. The van der Waals surface area contributed by atoms with Crippen LogP contribution in [-0.4, -0.2) is 45.2 Å². The number of ether oxygens (including phenoxy) is 1. The van der Waals surface area contributed by atoms with Gasteiger partial charge in [0, 0.05) is 18.0 Å². The molecule has 2 aromatic rings. The van der Waals surface area contributed by atoms with Crippen LogP contribution >= 0.6 is 11.3 Å². The van der Waals surface area contributed by atoms with Gasteiger partial charge in [-0.2, -0.15) is 0 Å². The van der Waals surface area contributed by atoms with Crippen LogP contribution in [0.4, 0.5) is 0 Å². The summed E-state index contributed by atoms with van der Waals surface area (Å²) in [5, 5.41) is 1.39. The molecule has 1 fully saturated rings. The lowest BCUT2D eigenvalue weighted by molar-refractivity contribution is -0.130. The summed E-state index contributed by atoms with van der Waals surface area (Å²) in [7, 11) is -1.65. The smallest absolute Gasteiger partial charge is 0.227 e. The molecule has 0 radical (unpaired) electrons. The molecule has 0 N–H and O–H groups in total. The van der Waals surface area contributed by atoms with Crippen LogP contribution in [0, 0.1) is 0 Å². The summed E-state index contributed by atoms with van der Waals surface area (Å²) in [5.41, 5.74) is 0.867. The third-order valence-electron chi connectivity index (χ3n) is 4.44. The third-order valence-corrected chi connectivity index (χ3v) is 7.69. The molecule has 7 heteroatoms. The van der Waals surface area contributed by atoms with Gasteiger partial charge in [-0.05, 0) is 35.6 Å². The lowest BCUT2D eigenvalue weighted by atomic mass is 10.1. The van der Waals surface area contributed by atoms with E-state index in [1.54, 1.807) is 12.0 Å². The molecule has 1 aromatic carbocycles. The first-order valence-electron chi connectivity index (χ1n) is 8.15. The Morgan fingerprint density at radius 1 is 1.28 bits per heavy atom. The fourth-order valence-electron chi connectivity index (χ4n) is 3.06. The number of thiophene rings is 1. The maximum atomic E-state index is 12.6. The number of methoxy groups -OCH3 is 1. The van der Waals surface area contributed by atoms with Gasteiger partial charge in [0.15, 0.2) is 9.84 Å². The molecular weight excluding hydrogens is 358 g/mol. The highest BCUT2D eigenvalue weighted by Gasteiger charge is 2.33. The van der Waals surface area contributed by atoms with Crippen LogP contribution in [0.15, 0.2) is 41.8 Å². The van der Waals surface area contributed by atoms with E-state index in [0.29, 0.717) is 18.7 Å². The van der Waals surface area contributed by atoms with Crippen LogP contribution < -0.4 is 4.74 Å². The van der Waals surface area contributed by atoms with E-state index in [9.17, 15) is 13.2 Å². The molecule has 0 spiro atoms. The number of carbonyl (C=O) groups is 1. The number of sulfone groups is 1. The minimum Gasteiger partial charge on any atom is -0.497 e. The van der Waals surface area contributed by atoms with Crippen LogP contribution in [-0.2, 0) is 21.1 Å². The van der Waals surface area contributed by atoms with Crippen molar-refractivity contribution in [2.24, 2.45) is 0 Å². The van der Waals surface area contributed by atoms with Crippen molar-refractivity contribution in [1.82, 2.24) is 4.90 Å². The Morgan fingerprint density at radius 3 is 2.84 bits per heavy atom. The quantitative estimate of drug-likeness (QED) is 0.819. The molecule has 1 saturated heterocycles. The molecule has 25 heavy (non-hydrogen) atoms. The number of hydrogen-bond acceptors (Lipinski definition) is 5. The maximum Gasteiger partial charge on any atom is 0.227 e. The largest absolute Gasteiger partial charge is 0.497 e. The number of amides is 1. The highest BCUT2D eigenvalue weighted by Crippen LogP contribution is 2.32. The zero-order valence-electron chi connectivity index (χ0n) is 14.1. The van der Waals surface area contributed by atoms with E-state index in [0.717, 1.165) is 10.4 Å². The van der Waals surface area contributed by atoms with Gasteiger partial charge >= 0.3 is 0 Å². The molecule has 0 saturated carbocycles. The van der Waals surface area contributed by atoms with Crippen LogP contribution in [0.2, 0.25) is 0 Å². The number of nitrogens with zero attached hydrogens (tertiary/aromatic N) is 1. The Balaban J connectivity index is 1.70. The topological polar surface area (TPSA) is 63.7 Å². The lowest BCUT2D eigenvalue weighted by Gasteiger charge is -2.20. The summed E-state index contributed by atoms with van der Waals surface area (Å²) in [4.78, 5) is 15.2. The van der Waals surface area contributed by atoms with Crippen molar-refractivity contribution in [3.8, 4) is 5.75 Å². The highest BCUT2D eigenvalue weighted by molar-refractivity contribution is 7.91. The predicted octanol–water partition coefficient (Wildman–Crippen LogP) is 2.69. The summed E-state index contributed by atoms with van der Waals surface area (Å²) >= 11 is 1.46. The standard InChI is InChI=1S/C18H21NO4S2/c1-23-15-5-2-4-14(12-15)13-18(20)19-8-7-17(16-6-3-10-24-16)25(21,22)11-9-19/h2-6,10,12,17H,7-9,11,13H2,1H3. The summed E-state index contributed by atoms with van der Waals surface area (Å²) in [6.45, 7) is 0.720. The van der Waals surface area contributed by atoms with Crippen LogP contribution in [0.5, 0.6) is 5.75 Å². The Hall–Kier alpha value is -1.86.